The van der Waals surface area contributed by atoms with E-state index in [0.29, 0.717) is 10.9 Å². The molecule has 19 heavy (non-hydrogen) atoms. The number of benzene rings is 1. The second-order valence-corrected chi connectivity index (χ2v) is 4.03. The summed E-state index contributed by atoms with van der Waals surface area (Å²) in [7, 11) is 0. The minimum atomic E-state index is -5.71. The Balaban J connectivity index is 2.44. The van der Waals surface area contributed by atoms with Crippen LogP contribution < -0.4 is 5.73 Å². The van der Waals surface area contributed by atoms with E-state index in [0.717, 1.165) is 6.07 Å². The van der Waals surface area contributed by atoms with E-state index in [2.05, 4.69) is 4.98 Å². The van der Waals surface area contributed by atoms with Gasteiger partial charge in [0.05, 0.1) is 11.2 Å². The lowest BCUT2D eigenvalue weighted by atomic mass is 10.1. The predicted octanol–water partition coefficient (Wildman–Crippen LogP) is 3.43. The highest BCUT2D eigenvalue weighted by molar-refractivity contribution is 5.78. The third-order valence-corrected chi connectivity index (χ3v) is 2.71. The van der Waals surface area contributed by atoms with Crippen molar-refractivity contribution in [2.24, 2.45) is 5.73 Å². The van der Waals surface area contributed by atoms with E-state index in [-0.39, 0.29) is 0 Å². The van der Waals surface area contributed by atoms with Crippen LogP contribution in [0.3, 0.4) is 0 Å². The van der Waals surface area contributed by atoms with Gasteiger partial charge in [-0.3, -0.25) is 4.98 Å². The summed E-state index contributed by atoms with van der Waals surface area (Å²) in [5.74, 6) is -5.03. The third-order valence-electron chi connectivity index (χ3n) is 2.71. The molecule has 0 aliphatic carbocycles. The van der Waals surface area contributed by atoms with Crippen LogP contribution in [0.5, 0.6) is 0 Å². The molecule has 0 amide bonds. The van der Waals surface area contributed by atoms with Gasteiger partial charge in [-0.2, -0.15) is 22.0 Å². The minimum Gasteiger partial charge on any atom is -0.317 e. The Bertz CT molecular complexity index is 594. The van der Waals surface area contributed by atoms with Gasteiger partial charge < -0.3 is 5.73 Å². The van der Waals surface area contributed by atoms with Crippen molar-refractivity contribution < 1.29 is 22.0 Å². The number of nitrogens with two attached hydrogens (primary N) is 1. The van der Waals surface area contributed by atoms with Gasteiger partial charge in [0, 0.05) is 5.39 Å². The summed E-state index contributed by atoms with van der Waals surface area (Å²) in [6, 6.07) is 6.44. The maximum absolute atomic E-state index is 13.1. The van der Waals surface area contributed by atoms with Gasteiger partial charge in [-0.25, -0.2) is 0 Å². The molecule has 2 aromatic rings. The number of rotatable bonds is 2. The second kappa shape index (κ2) is 4.41. The van der Waals surface area contributed by atoms with Crippen LogP contribution in [0.1, 0.15) is 11.7 Å². The molecule has 2 rings (SSSR count). The van der Waals surface area contributed by atoms with Gasteiger partial charge in [-0.15, -0.1) is 0 Å². The molecule has 1 heterocycles. The average Bonchev–Trinajstić information content (AvgIpc) is 2.36. The highest BCUT2D eigenvalue weighted by Gasteiger charge is 2.62. The SMILES string of the molecule is N[C@H](c1ccc2ccccc2n1)C(F)(F)C(F)(F)F. The fraction of sp³-hybridized carbons (Fsp3) is 0.250. The molecule has 0 saturated carbocycles. The van der Waals surface area contributed by atoms with Crippen LogP contribution in [-0.4, -0.2) is 17.1 Å². The molecule has 1 aromatic carbocycles. The van der Waals surface area contributed by atoms with Crippen LogP contribution in [0, 0.1) is 0 Å². The molecular weight excluding hydrogens is 267 g/mol. The van der Waals surface area contributed by atoms with Crippen LogP contribution >= 0.6 is 0 Å². The summed E-state index contributed by atoms with van der Waals surface area (Å²) in [5, 5.41) is 0.633. The molecule has 0 spiro atoms. The Morgan fingerprint density at radius 1 is 0.947 bits per heavy atom. The summed E-state index contributed by atoms with van der Waals surface area (Å²) in [5.41, 5.74) is 4.83. The zero-order valence-corrected chi connectivity index (χ0v) is 9.46. The largest absolute Gasteiger partial charge is 0.455 e. The van der Waals surface area contributed by atoms with Crippen LogP contribution in [0.2, 0.25) is 0 Å². The number of hydrogen-bond donors (Lipinski definition) is 1. The van der Waals surface area contributed by atoms with Crippen molar-refractivity contribution in [3.63, 3.8) is 0 Å². The number of alkyl halides is 5. The van der Waals surface area contributed by atoms with Crippen LogP contribution in [-0.2, 0) is 0 Å². The van der Waals surface area contributed by atoms with E-state index in [4.69, 9.17) is 5.73 Å². The zero-order valence-electron chi connectivity index (χ0n) is 9.46. The Kier molecular flexibility index (Phi) is 3.17. The number of pyridine rings is 1. The maximum Gasteiger partial charge on any atom is 0.455 e. The monoisotopic (exact) mass is 276 g/mol. The molecule has 1 atom stereocenters. The fourth-order valence-electron chi connectivity index (χ4n) is 1.62. The lowest BCUT2D eigenvalue weighted by Crippen LogP contribution is -2.46. The molecular formula is C12H9F5N2. The Hall–Kier alpha value is -1.76. The second-order valence-electron chi connectivity index (χ2n) is 4.03. The van der Waals surface area contributed by atoms with Gasteiger partial charge in [0.2, 0.25) is 0 Å². The van der Waals surface area contributed by atoms with Crippen molar-refractivity contribution in [3.8, 4) is 0 Å². The number of nitrogens with zero attached hydrogens (tertiary/aromatic N) is 1. The molecule has 0 aliphatic rings. The predicted molar refractivity (Wildman–Crippen MR) is 59.7 cm³/mol. The van der Waals surface area contributed by atoms with E-state index < -0.39 is 23.8 Å². The number of fused-ring (bicyclic) bond motifs is 1. The standard InChI is InChI=1S/C12H9F5N2/c13-11(14,12(15,16)17)10(18)9-6-5-7-3-1-2-4-8(7)19-9/h1-6,10H,18H2/t10-/m1/s1. The summed E-state index contributed by atoms with van der Waals surface area (Å²) >= 11 is 0. The summed E-state index contributed by atoms with van der Waals surface area (Å²) in [6.07, 6.45) is -5.71. The first-order valence-corrected chi connectivity index (χ1v) is 5.29. The first-order chi connectivity index (χ1) is 8.73. The molecule has 1 aromatic heterocycles. The van der Waals surface area contributed by atoms with Crippen LogP contribution in [0.25, 0.3) is 10.9 Å². The first-order valence-electron chi connectivity index (χ1n) is 5.29. The highest BCUT2D eigenvalue weighted by Crippen LogP contribution is 2.42. The molecule has 0 unspecified atom stereocenters. The zero-order chi connectivity index (χ0) is 14.3. The van der Waals surface area contributed by atoms with Gasteiger partial charge >= 0.3 is 12.1 Å². The Labute approximate surface area is 105 Å². The molecule has 0 saturated heterocycles. The van der Waals surface area contributed by atoms with Gasteiger partial charge in [-0.1, -0.05) is 24.3 Å². The van der Waals surface area contributed by atoms with Crippen molar-refractivity contribution >= 4 is 10.9 Å². The van der Waals surface area contributed by atoms with E-state index in [1.807, 2.05) is 0 Å². The van der Waals surface area contributed by atoms with Gasteiger partial charge in [-0.05, 0) is 12.1 Å². The topological polar surface area (TPSA) is 38.9 Å². The average molecular weight is 276 g/mol. The summed E-state index contributed by atoms with van der Waals surface area (Å²) in [4.78, 5) is 3.75. The summed E-state index contributed by atoms with van der Waals surface area (Å²) < 4.78 is 62.9. The smallest absolute Gasteiger partial charge is 0.317 e. The minimum absolute atomic E-state index is 0.313. The number of para-hydroxylation sites is 1. The normalized spacial score (nSPS) is 14.6. The van der Waals surface area contributed by atoms with Crippen molar-refractivity contribution in [2.75, 3.05) is 0 Å². The first kappa shape index (κ1) is 13.7. The Morgan fingerprint density at radius 3 is 2.21 bits per heavy atom. The van der Waals surface area contributed by atoms with Gasteiger partial charge in [0.25, 0.3) is 0 Å². The molecule has 7 heteroatoms. The quantitative estimate of drug-likeness (QED) is 0.853. The number of halogens is 5. The molecule has 0 aliphatic heterocycles. The molecule has 0 radical (unpaired) electrons. The molecule has 2 N–H and O–H groups in total. The van der Waals surface area contributed by atoms with Crippen molar-refractivity contribution in [1.82, 2.24) is 4.98 Å². The number of hydrogen-bond acceptors (Lipinski definition) is 2. The fourth-order valence-corrected chi connectivity index (χ4v) is 1.62. The maximum atomic E-state index is 13.1. The van der Waals surface area contributed by atoms with E-state index >= 15 is 0 Å². The van der Waals surface area contributed by atoms with Gasteiger partial charge in [0.1, 0.15) is 6.04 Å². The highest BCUT2D eigenvalue weighted by atomic mass is 19.4. The van der Waals surface area contributed by atoms with Crippen molar-refractivity contribution in [1.29, 1.82) is 0 Å². The Morgan fingerprint density at radius 2 is 1.58 bits per heavy atom. The van der Waals surface area contributed by atoms with E-state index in [9.17, 15) is 22.0 Å². The lowest BCUT2D eigenvalue weighted by Gasteiger charge is -2.25. The molecule has 102 valence electrons. The van der Waals surface area contributed by atoms with E-state index in [1.54, 1.807) is 18.2 Å². The third kappa shape index (κ3) is 2.37. The van der Waals surface area contributed by atoms with Crippen molar-refractivity contribution in [3.05, 3.63) is 42.1 Å². The molecule has 0 fully saturated rings. The molecule has 2 nitrogen and oxygen atoms in total. The molecule has 0 bridgehead atoms. The van der Waals surface area contributed by atoms with Crippen LogP contribution in [0.4, 0.5) is 22.0 Å². The van der Waals surface area contributed by atoms with Crippen LogP contribution in [0.15, 0.2) is 36.4 Å². The summed E-state index contributed by atoms with van der Waals surface area (Å²) in [6.45, 7) is 0. The lowest BCUT2D eigenvalue weighted by molar-refractivity contribution is -0.291. The van der Waals surface area contributed by atoms with Gasteiger partial charge in [0.15, 0.2) is 0 Å². The van der Waals surface area contributed by atoms with E-state index in [1.165, 1.54) is 12.1 Å². The number of aromatic nitrogens is 1. The van der Waals surface area contributed by atoms with Crippen molar-refractivity contribution in [2.45, 2.75) is 18.1 Å².